The highest BCUT2D eigenvalue weighted by atomic mass is 32.2. The zero-order chi connectivity index (χ0) is 26.6. The van der Waals surface area contributed by atoms with Gasteiger partial charge in [0.05, 0.1) is 33.1 Å². The smallest absolute Gasteiger partial charge is 0.238 e. The van der Waals surface area contributed by atoms with Gasteiger partial charge in [0.15, 0.2) is 11.5 Å². The third-order valence-electron chi connectivity index (χ3n) is 5.99. The van der Waals surface area contributed by atoms with E-state index in [9.17, 15) is 13.2 Å². The highest BCUT2D eigenvalue weighted by Crippen LogP contribution is 2.28. The van der Waals surface area contributed by atoms with Crippen LogP contribution in [0.1, 0.15) is 42.2 Å². The van der Waals surface area contributed by atoms with Crippen molar-refractivity contribution in [2.75, 3.05) is 53.3 Å². The SMILES string of the molecule is CCCCS(=O)(=O)N(CCCOC)CC(=O)N(CCc1ccc(OC)c(OC)c1)Cc1sccc1C. The van der Waals surface area contributed by atoms with E-state index in [1.54, 1.807) is 37.6 Å². The van der Waals surface area contributed by atoms with Crippen LogP contribution in [0.5, 0.6) is 11.5 Å². The molecule has 0 aliphatic rings. The van der Waals surface area contributed by atoms with Gasteiger partial charge in [-0.3, -0.25) is 4.79 Å². The number of hydrogen-bond acceptors (Lipinski definition) is 7. The van der Waals surface area contributed by atoms with Crippen molar-refractivity contribution < 1.29 is 27.4 Å². The summed E-state index contributed by atoms with van der Waals surface area (Å²) in [6.45, 7) is 5.39. The molecule has 202 valence electrons. The molecule has 2 rings (SSSR count). The van der Waals surface area contributed by atoms with Crippen LogP contribution in [0, 0.1) is 6.92 Å². The van der Waals surface area contributed by atoms with E-state index in [2.05, 4.69) is 0 Å². The average molecular weight is 541 g/mol. The van der Waals surface area contributed by atoms with Gasteiger partial charge in [-0.25, -0.2) is 8.42 Å². The molecule has 1 aromatic heterocycles. The molecule has 1 aromatic carbocycles. The van der Waals surface area contributed by atoms with Gasteiger partial charge in [-0.15, -0.1) is 11.3 Å². The summed E-state index contributed by atoms with van der Waals surface area (Å²) in [7, 11) is 1.22. The third-order valence-corrected chi connectivity index (χ3v) is 8.90. The molecule has 8 nitrogen and oxygen atoms in total. The first-order valence-electron chi connectivity index (χ1n) is 12.2. The molecule has 1 amide bonds. The summed E-state index contributed by atoms with van der Waals surface area (Å²) >= 11 is 1.60. The number of unbranched alkanes of at least 4 members (excludes halogenated alkanes) is 1. The van der Waals surface area contributed by atoms with Crippen molar-refractivity contribution in [2.45, 2.75) is 46.1 Å². The van der Waals surface area contributed by atoms with E-state index >= 15 is 0 Å². The summed E-state index contributed by atoms with van der Waals surface area (Å²) < 4.78 is 43.2. The third kappa shape index (κ3) is 9.06. The van der Waals surface area contributed by atoms with E-state index in [1.165, 1.54) is 4.31 Å². The molecule has 0 N–H and O–H groups in total. The Morgan fingerprint density at radius 1 is 1.03 bits per heavy atom. The maximum Gasteiger partial charge on any atom is 0.238 e. The molecule has 0 saturated carbocycles. The minimum atomic E-state index is -3.55. The summed E-state index contributed by atoms with van der Waals surface area (Å²) in [5.41, 5.74) is 2.12. The van der Waals surface area contributed by atoms with E-state index in [4.69, 9.17) is 14.2 Å². The van der Waals surface area contributed by atoms with Crippen LogP contribution in [0.4, 0.5) is 0 Å². The lowest BCUT2D eigenvalue weighted by molar-refractivity contribution is -0.132. The van der Waals surface area contributed by atoms with Crippen molar-refractivity contribution in [2.24, 2.45) is 0 Å². The molecule has 0 unspecified atom stereocenters. The molecule has 2 aromatic rings. The summed E-state index contributed by atoms with van der Waals surface area (Å²) in [4.78, 5) is 16.4. The second-order valence-corrected chi connectivity index (χ2v) is 11.7. The van der Waals surface area contributed by atoms with E-state index in [0.29, 0.717) is 50.5 Å². The maximum atomic E-state index is 13.5. The Balaban J connectivity index is 2.23. The zero-order valence-electron chi connectivity index (χ0n) is 22.1. The summed E-state index contributed by atoms with van der Waals surface area (Å²) in [5, 5.41) is 2.01. The predicted octanol–water partition coefficient (Wildman–Crippen LogP) is 4.11. The lowest BCUT2D eigenvalue weighted by Crippen LogP contribution is -2.44. The number of methoxy groups -OCH3 is 3. The highest BCUT2D eigenvalue weighted by molar-refractivity contribution is 7.89. The average Bonchev–Trinajstić information content (AvgIpc) is 3.28. The zero-order valence-corrected chi connectivity index (χ0v) is 23.8. The topological polar surface area (TPSA) is 85.4 Å². The molecule has 0 spiro atoms. The minimum absolute atomic E-state index is 0.0411. The van der Waals surface area contributed by atoms with Crippen LogP contribution in [0.3, 0.4) is 0 Å². The summed E-state index contributed by atoms with van der Waals surface area (Å²) in [5.74, 6) is 1.11. The molecule has 0 radical (unpaired) electrons. The fourth-order valence-corrected chi connectivity index (χ4v) is 6.29. The normalized spacial score (nSPS) is 11.6. The Labute approximate surface area is 220 Å². The molecule has 36 heavy (non-hydrogen) atoms. The largest absolute Gasteiger partial charge is 0.493 e. The van der Waals surface area contributed by atoms with Crippen molar-refractivity contribution in [3.63, 3.8) is 0 Å². The van der Waals surface area contributed by atoms with Gasteiger partial charge in [-0.05, 0) is 60.9 Å². The quantitative estimate of drug-likeness (QED) is 0.281. The van der Waals surface area contributed by atoms with Gasteiger partial charge in [-0.1, -0.05) is 19.4 Å². The number of nitrogens with zero attached hydrogens (tertiary/aromatic N) is 2. The number of ether oxygens (including phenoxy) is 3. The van der Waals surface area contributed by atoms with Crippen molar-refractivity contribution in [1.82, 2.24) is 9.21 Å². The Kier molecular flexibility index (Phi) is 12.7. The molecular weight excluding hydrogens is 500 g/mol. The number of sulfonamides is 1. The van der Waals surface area contributed by atoms with Crippen molar-refractivity contribution in [3.8, 4) is 11.5 Å². The van der Waals surface area contributed by atoms with Crippen LogP contribution in [-0.4, -0.2) is 76.9 Å². The van der Waals surface area contributed by atoms with Crippen molar-refractivity contribution in [1.29, 1.82) is 0 Å². The fourth-order valence-electron chi connectivity index (χ4n) is 3.74. The maximum absolute atomic E-state index is 13.5. The first kappa shape index (κ1) is 30.1. The highest BCUT2D eigenvalue weighted by Gasteiger charge is 2.26. The Morgan fingerprint density at radius 3 is 2.39 bits per heavy atom. The molecule has 0 aliphatic carbocycles. The fraction of sp³-hybridized carbons (Fsp3) is 0.577. The molecule has 0 atom stereocenters. The van der Waals surface area contributed by atoms with Gasteiger partial charge in [0.1, 0.15) is 0 Å². The van der Waals surface area contributed by atoms with Gasteiger partial charge in [0, 0.05) is 31.7 Å². The standard InChI is InChI=1S/C26H40N2O6S2/c1-6-7-17-36(30,31)28(13-8-15-32-3)20-26(29)27(19-25-21(2)12-16-35-25)14-11-22-9-10-23(33-4)24(18-22)34-5/h9-10,12,16,18H,6-8,11,13-15,17,19-20H2,1-5H3. The first-order chi connectivity index (χ1) is 17.2. The summed E-state index contributed by atoms with van der Waals surface area (Å²) in [6.07, 6.45) is 2.47. The number of carbonyl (C=O) groups excluding carboxylic acids is 1. The van der Waals surface area contributed by atoms with E-state index < -0.39 is 10.0 Å². The number of carbonyl (C=O) groups is 1. The van der Waals surface area contributed by atoms with Crippen LogP contribution in [0.25, 0.3) is 0 Å². The second-order valence-electron chi connectivity index (χ2n) is 8.63. The van der Waals surface area contributed by atoms with Crippen LogP contribution >= 0.6 is 11.3 Å². The molecule has 1 heterocycles. The lowest BCUT2D eigenvalue weighted by Gasteiger charge is -2.27. The van der Waals surface area contributed by atoms with Gasteiger partial charge < -0.3 is 19.1 Å². The number of rotatable bonds is 17. The first-order valence-corrected chi connectivity index (χ1v) is 14.7. The Bertz CT molecular complexity index is 1050. The number of hydrogen-bond donors (Lipinski definition) is 0. The monoisotopic (exact) mass is 540 g/mol. The minimum Gasteiger partial charge on any atom is -0.493 e. The van der Waals surface area contributed by atoms with Crippen LogP contribution in [0.2, 0.25) is 0 Å². The molecule has 0 bridgehead atoms. The van der Waals surface area contributed by atoms with E-state index in [1.807, 2.05) is 43.5 Å². The van der Waals surface area contributed by atoms with E-state index in [-0.39, 0.29) is 24.7 Å². The molecular formula is C26H40N2O6S2. The van der Waals surface area contributed by atoms with E-state index in [0.717, 1.165) is 22.4 Å². The van der Waals surface area contributed by atoms with Gasteiger partial charge in [0.2, 0.25) is 15.9 Å². The Morgan fingerprint density at radius 2 is 1.78 bits per heavy atom. The van der Waals surface area contributed by atoms with Crippen molar-refractivity contribution in [3.05, 3.63) is 45.6 Å². The van der Waals surface area contributed by atoms with Gasteiger partial charge in [-0.2, -0.15) is 4.31 Å². The lowest BCUT2D eigenvalue weighted by atomic mass is 10.1. The second kappa shape index (κ2) is 15.2. The van der Waals surface area contributed by atoms with Crippen LogP contribution in [0.15, 0.2) is 29.6 Å². The van der Waals surface area contributed by atoms with Crippen molar-refractivity contribution >= 4 is 27.3 Å². The number of benzene rings is 1. The summed E-state index contributed by atoms with van der Waals surface area (Å²) in [6, 6.07) is 7.74. The molecule has 0 aliphatic heterocycles. The number of amides is 1. The number of thiophene rings is 1. The molecule has 0 saturated heterocycles. The van der Waals surface area contributed by atoms with Gasteiger partial charge in [0.25, 0.3) is 0 Å². The molecule has 0 fully saturated rings. The Hall–Kier alpha value is -2.14. The van der Waals surface area contributed by atoms with Crippen LogP contribution < -0.4 is 9.47 Å². The molecule has 10 heteroatoms. The van der Waals surface area contributed by atoms with Crippen LogP contribution in [-0.2, 0) is 32.5 Å². The predicted molar refractivity (Wildman–Crippen MR) is 144 cm³/mol. The van der Waals surface area contributed by atoms with Gasteiger partial charge >= 0.3 is 0 Å². The number of aryl methyl sites for hydroxylation is 1.